The van der Waals surface area contributed by atoms with Crippen LogP contribution in [0.15, 0.2) is 34.4 Å². The lowest BCUT2D eigenvalue weighted by Crippen LogP contribution is -2.27. The zero-order chi connectivity index (χ0) is 16.8. The number of guanidine groups is 1. The van der Waals surface area contributed by atoms with Gasteiger partial charge >= 0.3 is 0 Å². The zero-order valence-corrected chi connectivity index (χ0v) is 14.2. The smallest absolute Gasteiger partial charge is 0.209 e. The van der Waals surface area contributed by atoms with Gasteiger partial charge in [0.15, 0.2) is 0 Å². The fraction of sp³-hybridized carbons (Fsp3) is 0.200. The molecule has 0 atom stereocenters. The van der Waals surface area contributed by atoms with E-state index in [9.17, 15) is 0 Å². The Hall–Kier alpha value is -2.18. The standard InChI is InChI=1S/C15H16Cl2N6/c1-9-3-5-11(13(16)21-9)7-19-15(18)23-20-8-12-6-4-10(2)22-14(12)17/h3-6,8H,7H2,1-2H3,(H3,18,19,23). The van der Waals surface area contributed by atoms with Gasteiger partial charge in [-0.1, -0.05) is 29.3 Å². The molecule has 8 heteroatoms. The predicted octanol–water partition coefficient (Wildman–Crippen LogP) is 2.84. The van der Waals surface area contributed by atoms with Gasteiger partial charge in [0.05, 0.1) is 12.8 Å². The van der Waals surface area contributed by atoms with E-state index in [1.54, 1.807) is 0 Å². The molecule has 23 heavy (non-hydrogen) atoms. The van der Waals surface area contributed by atoms with E-state index in [0.29, 0.717) is 22.4 Å². The second-order valence-electron chi connectivity index (χ2n) is 4.81. The topological polar surface area (TPSA) is 88.5 Å². The van der Waals surface area contributed by atoms with E-state index in [1.807, 2.05) is 38.1 Å². The van der Waals surface area contributed by atoms with E-state index in [2.05, 4.69) is 25.5 Å². The highest BCUT2D eigenvalue weighted by Gasteiger charge is 2.01. The second kappa shape index (κ2) is 7.89. The average molecular weight is 351 g/mol. The molecule has 0 aliphatic carbocycles. The number of hydrazone groups is 1. The van der Waals surface area contributed by atoms with Crippen molar-refractivity contribution >= 4 is 35.4 Å². The van der Waals surface area contributed by atoms with Gasteiger partial charge in [-0.15, -0.1) is 0 Å². The summed E-state index contributed by atoms with van der Waals surface area (Å²) < 4.78 is 0. The highest BCUT2D eigenvalue weighted by Crippen LogP contribution is 2.14. The molecule has 2 aromatic rings. The Morgan fingerprint density at radius 3 is 2.43 bits per heavy atom. The van der Waals surface area contributed by atoms with Crippen LogP contribution in [0.4, 0.5) is 0 Å². The molecule has 2 heterocycles. The van der Waals surface area contributed by atoms with E-state index < -0.39 is 0 Å². The number of hydrogen-bond acceptors (Lipinski definition) is 4. The number of nitrogens with one attached hydrogen (secondary N) is 1. The van der Waals surface area contributed by atoms with E-state index in [4.69, 9.17) is 28.9 Å². The van der Waals surface area contributed by atoms with Crippen LogP contribution in [-0.2, 0) is 6.54 Å². The van der Waals surface area contributed by atoms with Crippen molar-refractivity contribution in [1.82, 2.24) is 15.4 Å². The van der Waals surface area contributed by atoms with E-state index in [1.165, 1.54) is 6.21 Å². The Morgan fingerprint density at radius 1 is 1.13 bits per heavy atom. The molecule has 3 N–H and O–H groups in total. The molecule has 0 aromatic carbocycles. The maximum Gasteiger partial charge on any atom is 0.209 e. The Balaban J connectivity index is 1.95. The summed E-state index contributed by atoms with van der Waals surface area (Å²) in [5.74, 6) is 0.161. The van der Waals surface area contributed by atoms with Crippen LogP contribution in [0.3, 0.4) is 0 Å². The summed E-state index contributed by atoms with van der Waals surface area (Å²) in [6.07, 6.45) is 1.53. The fourth-order valence-corrected chi connectivity index (χ4v) is 2.18. The Labute approximate surface area is 144 Å². The molecule has 0 aliphatic heterocycles. The van der Waals surface area contributed by atoms with Crippen LogP contribution in [0.25, 0.3) is 0 Å². The summed E-state index contributed by atoms with van der Waals surface area (Å²) in [5, 5.41) is 4.77. The summed E-state index contributed by atoms with van der Waals surface area (Å²) in [7, 11) is 0. The SMILES string of the molecule is Cc1ccc(C=NNC(N)=NCc2ccc(C)nc2Cl)c(Cl)n1. The quantitative estimate of drug-likeness (QED) is 0.384. The number of nitrogens with two attached hydrogens (primary N) is 1. The number of aromatic nitrogens is 2. The Morgan fingerprint density at radius 2 is 1.78 bits per heavy atom. The van der Waals surface area contributed by atoms with Crippen LogP contribution < -0.4 is 11.2 Å². The van der Waals surface area contributed by atoms with Gasteiger partial charge in [-0.2, -0.15) is 5.10 Å². The summed E-state index contributed by atoms with van der Waals surface area (Å²) in [6, 6.07) is 7.39. The van der Waals surface area contributed by atoms with Gasteiger partial charge < -0.3 is 5.73 Å². The summed E-state index contributed by atoms with van der Waals surface area (Å²) in [4.78, 5) is 12.4. The van der Waals surface area contributed by atoms with E-state index in [-0.39, 0.29) is 5.96 Å². The molecule has 0 unspecified atom stereocenters. The monoisotopic (exact) mass is 350 g/mol. The van der Waals surface area contributed by atoms with Crippen molar-refractivity contribution in [2.45, 2.75) is 20.4 Å². The molecule has 0 spiro atoms. The number of aliphatic imine (C=N–C) groups is 1. The lowest BCUT2D eigenvalue weighted by molar-refractivity contribution is 0.955. The summed E-state index contributed by atoms with van der Waals surface area (Å²) in [5.41, 5.74) is 11.5. The largest absolute Gasteiger partial charge is 0.369 e. The third-order valence-electron chi connectivity index (χ3n) is 2.88. The van der Waals surface area contributed by atoms with Crippen LogP contribution in [0.5, 0.6) is 0 Å². The first-order valence-electron chi connectivity index (χ1n) is 6.80. The van der Waals surface area contributed by atoms with Gasteiger partial charge in [0.1, 0.15) is 10.3 Å². The van der Waals surface area contributed by atoms with Crippen molar-refractivity contribution in [3.8, 4) is 0 Å². The Kier molecular flexibility index (Phi) is 5.90. The molecule has 0 radical (unpaired) electrons. The van der Waals surface area contributed by atoms with Crippen molar-refractivity contribution in [2.24, 2.45) is 15.8 Å². The highest BCUT2D eigenvalue weighted by atomic mass is 35.5. The summed E-state index contributed by atoms with van der Waals surface area (Å²) >= 11 is 12.0. The summed E-state index contributed by atoms with van der Waals surface area (Å²) in [6.45, 7) is 4.04. The molecule has 0 bridgehead atoms. The first kappa shape index (κ1) is 17.2. The Bertz CT molecular complexity index is 758. The van der Waals surface area contributed by atoms with Crippen molar-refractivity contribution in [1.29, 1.82) is 0 Å². The van der Waals surface area contributed by atoms with Gasteiger partial charge in [0.25, 0.3) is 0 Å². The normalized spacial score (nSPS) is 11.9. The first-order chi connectivity index (χ1) is 11.0. The van der Waals surface area contributed by atoms with Gasteiger partial charge in [-0.25, -0.2) is 20.4 Å². The van der Waals surface area contributed by atoms with Crippen LogP contribution in [-0.4, -0.2) is 22.1 Å². The van der Waals surface area contributed by atoms with Crippen molar-refractivity contribution in [3.63, 3.8) is 0 Å². The molecule has 0 saturated heterocycles. The van der Waals surface area contributed by atoms with Crippen LogP contribution in [0.2, 0.25) is 10.3 Å². The predicted molar refractivity (Wildman–Crippen MR) is 94.0 cm³/mol. The fourth-order valence-electron chi connectivity index (χ4n) is 1.68. The minimum Gasteiger partial charge on any atom is -0.369 e. The van der Waals surface area contributed by atoms with Gasteiger partial charge in [0.2, 0.25) is 5.96 Å². The number of halogens is 2. The van der Waals surface area contributed by atoms with Crippen molar-refractivity contribution in [2.75, 3.05) is 0 Å². The average Bonchev–Trinajstić information content (AvgIpc) is 2.48. The molecule has 0 aliphatic rings. The molecule has 0 saturated carbocycles. The number of hydrogen-bond donors (Lipinski definition) is 2. The third-order valence-corrected chi connectivity index (χ3v) is 3.51. The number of aryl methyl sites for hydroxylation is 2. The van der Waals surface area contributed by atoms with Gasteiger partial charge in [-0.3, -0.25) is 0 Å². The molecule has 6 nitrogen and oxygen atoms in total. The van der Waals surface area contributed by atoms with Crippen LogP contribution in [0.1, 0.15) is 22.5 Å². The molecule has 2 rings (SSSR count). The molecule has 0 fully saturated rings. The van der Waals surface area contributed by atoms with Crippen LogP contribution in [0, 0.1) is 13.8 Å². The maximum atomic E-state index is 6.03. The third kappa shape index (κ3) is 5.19. The minimum absolute atomic E-state index is 0.161. The van der Waals surface area contributed by atoms with Gasteiger partial charge in [0, 0.05) is 22.5 Å². The molecule has 2 aromatic heterocycles. The molecular formula is C15H16Cl2N6. The number of nitrogens with zero attached hydrogens (tertiary/aromatic N) is 4. The van der Waals surface area contributed by atoms with E-state index in [0.717, 1.165) is 17.0 Å². The molecule has 0 amide bonds. The maximum absolute atomic E-state index is 6.03. The second-order valence-corrected chi connectivity index (χ2v) is 5.52. The van der Waals surface area contributed by atoms with Gasteiger partial charge in [-0.05, 0) is 32.0 Å². The molecular weight excluding hydrogens is 335 g/mol. The van der Waals surface area contributed by atoms with Crippen LogP contribution >= 0.6 is 23.2 Å². The van der Waals surface area contributed by atoms with Crippen molar-refractivity contribution in [3.05, 3.63) is 57.1 Å². The number of pyridine rings is 2. The van der Waals surface area contributed by atoms with Crippen molar-refractivity contribution < 1.29 is 0 Å². The highest BCUT2D eigenvalue weighted by molar-refractivity contribution is 6.31. The lowest BCUT2D eigenvalue weighted by Gasteiger charge is -2.03. The zero-order valence-electron chi connectivity index (χ0n) is 12.7. The molecule has 120 valence electrons. The minimum atomic E-state index is 0.161. The first-order valence-corrected chi connectivity index (χ1v) is 7.55. The van der Waals surface area contributed by atoms with E-state index >= 15 is 0 Å². The number of rotatable bonds is 4. The lowest BCUT2D eigenvalue weighted by atomic mass is 10.2.